The lowest BCUT2D eigenvalue weighted by Gasteiger charge is -2.23. The molecule has 0 aliphatic carbocycles. The van der Waals surface area contributed by atoms with Crippen molar-refractivity contribution in [2.75, 3.05) is 0 Å². The molecular weight excluding hydrogens is 178 g/mol. The van der Waals surface area contributed by atoms with E-state index < -0.39 is 5.54 Å². The molecule has 80 valence electrons. The van der Waals surface area contributed by atoms with Crippen LogP contribution in [0.5, 0.6) is 0 Å². The summed E-state index contributed by atoms with van der Waals surface area (Å²) in [6.45, 7) is 6.15. The third-order valence-electron chi connectivity index (χ3n) is 2.54. The topological polar surface area (TPSA) is 64.9 Å². The van der Waals surface area contributed by atoms with E-state index in [9.17, 15) is 0 Å². The fraction of sp³-hybridized carbons (Fsp3) is 0.800. The molecule has 0 saturated carbocycles. The maximum absolute atomic E-state index is 6.21. The van der Waals surface area contributed by atoms with Gasteiger partial charge in [-0.15, -0.1) is 0 Å². The van der Waals surface area contributed by atoms with Crippen LogP contribution in [0.25, 0.3) is 0 Å². The maximum atomic E-state index is 6.21. The second-order valence-electron chi connectivity index (χ2n) is 3.62. The van der Waals surface area contributed by atoms with Gasteiger partial charge in [0.25, 0.3) is 0 Å². The van der Waals surface area contributed by atoms with Crippen LogP contribution in [0.3, 0.4) is 0 Å². The van der Waals surface area contributed by atoms with Crippen molar-refractivity contribution in [2.45, 2.75) is 52.0 Å². The zero-order chi connectivity index (χ0) is 10.6. The first kappa shape index (κ1) is 11.2. The molecule has 0 fully saturated rings. The van der Waals surface area contributed by atoms with E-state index in [-0.39, 0.29) is 0 Å². The van der Waals surface area contributed by atoms with E-state index in [1.165, 1.54) is 0 Å². The Balaban J connectivity index is 2.87. The third kappa shape index (κ3) is 2.12. The normalized spacial score (nSPS) is 15.4. The minimum absolute atomic E-state index is 0.411. The summed E-state index contributed by atoms with van der Waals surface area (Å²) in [5.74, 6) is 1.32. The van der Waals surface area contributed by atoms with Crippen molar-refractivity contribution in [3.05, 3.63) is 11.7 Å². The van der Waals surface area contributed by atoms with E-state index >= 15 is 0 Å². The molecular formula is C10H19N3O. The van der Waals surface area contributed by atoms with E-state index in [2.05, 4.69) is 24.0 Å². The molecule has 0 aromatic carbocycles. The Hall–Kier alpha value is -0.900. The Kier molecular flexibility index (Phi) is 3.63. The van der Waals surface area contributed by atoms with Crippen molar-refractivity contribution in [1.29, 1.82) is 0 Å². The van der Waals surface area contributed by atoms with Crippen LogP contribution in [0.15, 0.2) is 4.52 Å². The smallest absolute Gasteiger partial charge is 0.226 e. The number of aryl methyl sites for hydroxylation is 1. The minimum Gasteiger partial charge on any atom is -0.339 e. The maximum Gasteiger partial charge on any atom is 0.226 e. The highest BCUT2D eigenvalue weighted by Crippen LogP contribution is 2.24. The molecule has 4 heteroatoms. The SMILES string of the molecule is CCCC(N)(CC)c1noc(CC)n1. The molecule has 0 bridgehead atoms. The number of hydrogen-bond acceptors (Lipinski definition) is 4. The molecule has 2 N–H and O–H groups in total. The average molecular weight is 197 g/mol. The summed E-state index contributed by atoms with van der Waals surface area (Å²) < 4.78 is 5.07. The Morgan fingerprint density at radius 3 is 2.50 bits per heavy atom. The summed E-state index contributed by atoms with van der Waals surface area (Å²) in [7, 11) is 0. The predicted molar refractivity (Wildman–Crippen MR) is 54.7 cm³/mol. The first-order chi connectivity index (χ1) is 6.66. The first-order valence-corrected chi connectivity index (χ1v) is 5.28. The zero-order valence-corrected chi connectivity index (χ0v) is 9.21. The molecule has 0 aliphatic rings. The van der Waals surface area contributed by atoms with Gasteiger partial charge < -0.3 is 10.3 Å². The summed E-state index contributed by atoms with van der Waals surface area (Å²) in [6, 6.07) is 0. The third-order valence-corrected chi connectivity index (χ3v) is 2.54. The molecule has 0 amide bonds. The molecule has 1 heterocycles. The summed E-state index contributed by atoms with van der Waals surface area (Å²) >= 11 is 0. The van der Waals surface area contributed by atoms with Gasteiger partial charge in [0.15, 0.2) is 5.82 Å². The van der Waals surface area contributed by atoms with Crippen molar-refractivity contribution in [1.82, 2.24) is 10.1 Å². The van der Waals surface area contributed by atoms with Gasteiger partial charge in [0.1, 0.15) is 0 Å². The van der Waals surface area contributed by atoms with Crippen molar-refractivity contribution in [3.63, 3.8) is 0 Å². The van der Waals surface area contributed by atoms with Gasteiger partial charge in [0.2, 0.25) is 5.89 Å². The molecule has 0 spiro atoms. The number of aromatic nitrogens is 2. The second kappa shape index (κ2) is 4.55. The highest BCUT2D eigenvalue weighted by atomic mass is 16.5. The minimum atomic E-state index is -0.411. The van der Waals surface area contributed by atoms with Gasteiger partial charge in [0.05, 0.1) is 5.54 Å². The fourth-order valence-electron chi connectivity index (χ4n) is 1.49. The van der Waals surface area contributed by atoms with Gasteiger partial charge in [-0.25, -0.2) is 0 Å². The first-order valence-electron chi connectivity index (χ1n) is 5.28. The average Bonchev–Trinajstić information content (AvgIpc) is 2.66. The monoisotopic (exact) mass is 197 g/mol. The second-order valence-corrected chi connectivity index (χ2v) is 3.62. The Morgan fingerprint density at radius 1 is 1.36 bits per heavy atom. The van der Waals surface area contributed by atoms with Gasteiger partial charge in [-0.1, -0.05) is 32.3 Å². The van der Waals surface area contributed by atoms with Crippen molar-refractivity contribution >= 4 is 0 Å². The Labute approximate surface area is 84.9 Å². The predicted octanol–water partition coefficient (Wildman–Crippen LogP) is 2.00. The van der Waals surface area contributed by atoms with Crippen LogP contribution < -0.4 is 5.73 Å². The highest BCUT2D eigenvalue weighted by molar-refractivity contribution is 5.03. The highest BCUT2D eigenvalue weighted by Gasteiger charge is 2.29. The quantitative estimate of drug-likeness (QED) is 0.784. The lowest BCUT2D eigenvalue weighted by molar-refractivity contribution is 0.327. The number of nitrogens with two attached hydrogens (primary N) is 1. The summed E-state index contributed by atoms with van der Waals surface area (Å²) in [4.78, 5) is 4.29. The molecule has 1 aromatic heterocycles. The molecule has 1 rings (SSSR count). The van der Waals surface area contributed by atoms with Gasteiger partial charge >= 0.3 is 0 Å². The summed E-state index contributed by atoms with van der Waals surface area (Å²) in [5.41, 5.74) is 5.80. The van der Waals surface area contributed by atoms with Crippen LogP contribution in [0.2, 0.25) is 0 Å². The molecule has 0 aliphatic heterocycles. The van der Waals surface area contributed by atoms with Crippen molar-refractivity contribution in [2.24, 2.45) is 5.73 Å². The number of hydrogen-bond donors (Lipinski definition) is 1. The van der Waals surface area contributed by atoms with Crippen LogP contribution in [-0.2, 0) is 12.0 Å². The largest absolute Gasteiger partial charge is 0.339 e. The van der Waals surface area contributed by atoms with Crippen LogP contribution in [0.4, 0.5) is 0 Å². The van der Waals surface area contributed by atoms with Gasteiger partial charge in [-0.2, -0.15) is 4.98 Å². The number of rotatable bonds is 5. The molecule has 4 nitrogen and oxygen atoms in total. The summed E-state index contributed by atoms with van der Waals surface area (Å²) in [5, 5.41) is 3.94. The van der Waals surface area contributed by atoms with Gasteiger partial charge in [-0.05, 0) is 12.8 Å². The van der Waals surface area contributed by atoms with E-state index in [4.69, 9.17) is 10.3 Å². The zero-order valence-electron chi connectivity index (χ0n) is 9.21. The van der Waals surface area contributed by atoms with Crippen molar-refractivity contribution < 1.29 is 4.52 Å². The lowest BCUT2D eigenvalue weighted by atomic mass is 9.91. The van der Waals surface area contributed by atoms with E-state index in [0.717, 1.165) is 25.7 Å². The lowest BCUT2D eigenvalue weighted by Crippen LogP contribution is -2.37. The van der Waals surface area contributed by atoms with E-state index in [1.54, 1.807) is 0 Å². The van der Waals surface area contributed by atoms with Gasteiger partial charge in [-0.3, -0.25) is 0 Å². The molecule has 1 atom stereocenters. The molecule has 0 radical (unpaired) electrons. The van der Waals surface area contributed by atoms with Crippen LogP contribution in [-0.4, -0.2) is 10.1 Å². The van der Waals surface area contributed by atoms with E-state index in [1.807, 2.05) is 6.92 Å². The molecule has 0 saturated heterocycles. The fourth-order valence-corrected chi connectivity index (χ4v) is 1.49. The van der Waals surface area contributed by atoms with Gasteiger partial charge in [0, 0.05) is 6.42 Å². The van der Waals surface area contributed by atoms with Crippen molar-refractivity contribution in [3.8, 4) is 0 Å². The van der Waals surface area contributed by atoms with Crippen LogP contribution >= 0.6 is 0 Å². The molecule has 14 heavy (non-hydrogen) atoms. The summed E-state index contributed by atoms with van der Waals surface area (Å²) in [6.07, 6.45) is 3.52. The molecule has 1 aromatic rings. The Bertz CT molecular complexity index is 285. The standard InChI is InChI=1S/C10H19N3O/c1-4-7-10(11,6-3)9-12-8(5-2)14-13-9/h4-7,11H2,1-3H3. The number of nitrogens with zero attached hydrogens (tertiary/aromatic N) is 2. The van der Waals surface area contributed by atoms with E-state index in [0.29, 0.717) is 11.7 Å². The van der Waals surface area contributed by atoms with Crippen LogP contribution in [0.1, 0.15) is 51.7 Å². The van der Waals surface area contributed by atoms with Crippen LogP contribution in [0, 0.1) is 0 Å². The molecule has 1 unspecified atom stereocenters. The Morgan fingerprint density at radius 2 is 2.07 bits per heavy atom.